The van der Waals surface area contributed by atoms with E-state index in [2.05, 4.69) is 0 Å². The lowest BCUT2D eigenvalue weighted by Crippen LogP contribution is -2.02. The van der Waals surface area contributed by atoms with Gasteiger partial charge in [0.05, 0.1) is 11.1 Å². The van der Waals surface area contributed by atoms with Crippen molar-refractivity contribution in [1.82, 2.24) is 0 Å². The standard InChI is InChI=1S/C15H13FO2.C8H7FO2/c1-11(17)14-8-7-13(16)9-15(14)18-10-12-5-3-2-4-6-12;1-5(10)7-3-2-6(9)4-8(7)11/h2-9H,10H2,1H3;2-4,11H,1H3. The van der Waals surface area contributed by atoms with Crippen LogP contribution in [-0.2, 0) is 6.61 Å². The Bertz CT molecular complexity index is 1000. The van der Waals surface area contributed by atoms with E-state index in [-0.39, 0.29) is 28.6 Å². The van der Waals surface area contributed by atoms with Gasteiger partial charge in [0.2, 0.25) is 0 Å². The van der Waals surface area contributed by atoms with Crippen LogP contribution in [0.3, 0.4) is 0 Å². The summed E-state index contributed by atoms with van der Waals surface area (Å²) in [6, 6.07) is 16.8. The molecule has 0 aromatic heterocycles. The van der Waals surface area contributed by atoms with Crippen molar-refractivity contribution < 1.29 is 28.2 Å². The van der Waals surface area contributed by atoms with Crippen LogP contribution < -0.4 is 4.74 Å². The maximum Gasteiger partial charge on any atom is 0.163 e. The Balaban J connectivity index is 0.000000234. The smallest absolute Gasteiger partial charge is 0.163 e. The topological polar surface area (TPSA) is 63.6 Å². The Morgan fingerprint density at radius 2 is 1.38 bits per heavy atom. The van der Waals surface area contributed by atoms with Crippen LogP contribution >= 0.6 is 0 Å². The molecule has 29 heavy (non-hydrogen) atoms. The van der Waals surface area contributed by atoms with Crippen molar-refractivity contribution in [3.63, 3.8) is 0 Å². The van der Waals surface area contributed by atoms with E-state index in [0.29, 0.717) is 12.2 Å². The van der Waals surface area contributed by atoms with Crippen LogP contribution in [0, 0.1) is 11.6 Å². The van der Waals surface area contributed by atoms with Crippen LogP contribution in [0.4, 0.5) is 8.78 Å². The van der Waals surface area contributed by atoms with Gasteiger partial charge in [-0.15, -0.1) is 0 Å². The van der Waals surface area contributed by atoms with Crippen LogP contribution in [-0.4, -0.2) is 16.7 Å². The number of benzene rings is 3. The van der Waals surface area contributed by atoms with Crippen LogP contribution in [0.2, 0.25) is 0 Å². The summed E-state index contributed by atoms with van der Waals surface area (Å²) in [6.07, 6.45) is 0. The summed E-state index contributed by atoms with van der Waals surface area (Å²) in [6.45, 7) is 3.06. The molecule has 0 saturated heterocycles. The predicted molar refractivity (Wildman–Crippen MR) is 105 cm³/mol. The zero-order chi connectivity index (χ0) is 21.4. The number of ketones is 2. The van der Waals surface area contributed by atoms with E-state index in [0.717, 1.165) is 17.7 Å². The average molecular weight is 398 g/mol. The highest BCUT2D eigenvalue weighted by atomic mass is 19.1. The van der Waals surface area contributed by atoms with E-state index in [9.17, 15) is 18.4 Å². The molecule has 0 heterocycles. The lowest BCUT2D eigenvalue weighted by molar-refractivity contribution is 0.100. The number of Topliss-reactive ketones (excluding diaryl/α,β-unsaturated/α-hetero) is 2. The molecule has 6 heteroatoms. The second-order valence-corrected chi connectivity index (χ2v) is 6.19. The Hall–Kier alpha value is -3.54. The molecule has 0 amide bonds. The number of rotatable bonds is 5. The van der Waals surface area contributed by atoms with Crippen LogP contribution in [0.15, 0.2) is 66.7 Å². The highest BCUT2D eigenvalue weighted by Crippen LogP contribution is 2.22. The maximum atomic E-state index is 13.1. The Labute approximate surface area is 167 Å². The van der Waals surface area contributed by atoms with Gasteiger partial charge in [-0.3, -0.25) is 9.59 Å². The largest absolute Gasteiger partial charge is 0.507 e. The highest BCUT2D eigenvalue weighted by Gasteiger charge is 2.10. The molecule has 0 radical (unpaired) electrons. The third kappa shape index (κ3) is 6.53. The average Bonchev–Trinajstić information content (AvgIpc) is 2.67. The molecule has 0 aliphatic heterocycles. The molecule has 150 valence electrons. The monoisotopic (exact) mass is 398 g/mol. The summed E-state index contributed by atoms with van der Waals surface area (Å²) in [7, 11) is 0. The van der Waals surface area contributed by atoms with Crippen molar-refractivity contribution >= 4 is 11.6 Å². The molecule has 4 nitrogen and oxygen atoms in total. The number of ether oxygens (including phenoxy) is 1. The van der Waals surface area contributed by atoms with Gasteiger partial charge < -0.3 is 9.84 Å². The molecule has 3 aromatic carbocycles. The Morgan fingerprint density at radius 3 is 1.93 bits per heavy atom. The highest BCUT2D eigenvalue weighted by molar-refractivity contribution is 5.97. The van der Waals surface area contributed by atoms with Crippen LogP contribution in [0.25, 0.3) is 0 Å². The van der Waals surface area contributed by atoms with E-state index in [1.807, 2.05) is 30.3 Å². The predicted octanol–water partition coefficient (Wildman–Crippen LogP) is 5.34. The summed E-state index contributed by atoms with van der Waals surface area (Å²) >= 11 is 0. The third-order valence-corrected chi connectivity index (χ3v) is 3.90. The number of hydrogen-bond acceptors (Lipinski definition) is 4. The van der Waals surface area contributed by atoms with Gasteiger partial charge in [0, 0.05) is 12.1 Å². The van der Waals surface area contributed by atoms with Gasteiger partial charge in [-0.05, 0) is 43.7 Å². The number of carbonyl (C=O) groups is 2. The molecule has 0 bridgehead atoms. The van der Waals surface area contributed by atoms with E-state index in [1.165, 1.54) is 38.1 Å². The van der Waals surface area contributed by atoms with E-state index in [1.54, 1.807) is 0 Å². The number of carbonyl (C=O) groups excluding carboxylic acids is 2. The van der Waals surface area contributed by atoms with Crippen molar-refractivity contribution in [1.29, 1.82) is 0 Å². The molecule has 0 unspecified atom stereocenters. The number of aromatic hydroxyl groups is 1. The fourth-order valence-electron chi connectivity index (χ4n) is 2.44. The van der Waals surface area contributed by atoms with Crippen molar-refractivity contribution in [3.05, 3.63) is 95.1 Å². The fraction of sp³-hybridized carbons (Fsp3) is 0.130. The normalized spacial score (nSPS) is 9.93. The summed E-state index contributed by atoms with van der Waals surface area (Å²) in [4.78, 5) is 22.1. The molecule has 1 N–H and O–H groups in total. The van der Waals surface area contributed by atoms with E-state index in [4.69, 9.17) is 9.84 Å². The molecular formula is C23H20F2O4. The number of hydrogen-bond donors (Lipinski definition) is 1. The van der Waals surface area contributed by atoms with Crippen LogP contribution in [0.1, 0.15) is 40.1 Å². The number of phenols is 1. The van der Waals surface area contributed by atoms with Gasteiger partial charge in [0.25, 0.3) is 0 Å². The molecule has 3 rings (SSSR count). The van der Waals surface area contributed by atoms with E-state index >= 15 is 0 Å². The van der Waals surface area contributed by atoms with Gasteiger partial charge in [-0.25, -0.2) is 8.78 Å². The molecule has 0 atom stereocenters. The summed E-state index contributed by atoms with van der Waals surface area (Å²) in [5, 5.41) is 9.00. The van der Waals surface area contributed by atoms with Gasteiger partial charge in [0.1, 0.15) is 29.7 Å². The van der Waals surface area contributed by atoms with Gasteiger partial charge >= 0.3 is 0 Å². The fourth-order valence-corrected chi connectivity index (χ4v) is 2.44. The third-order valence-electron chi connectivity index (χ3n) is 3.90. The second-order valence-electron chi connectivity index (χ2n) is 6.19. The van der Waals surface area contributed by atoms with Crippen molar-refractivity contribution in [3.8, 4) is 11.5 Å². The van der Waals surface area contributed by atoms with Crippen molar-refractivity contribution in [2.24, 2.45) is 0 Å². The summed E-state index contributed by atoms with van der Waals surface area (Å²) in [5.74, 6) is -1.40. The summed E-state index contributed by atoms with van der Waals surface area (Å²) in [5.41, 5.74) is 1.51. The number of phenolic OH excluding ortho intramolecular Hbond substituents is 1. The van der Waals surface area contributed by atoms with E-state index < -0.39 is 11.6 Å². The second kappa shape index (κ2) is 10.1. The van der Waals surface area contributed by atoms with Gasteiger partial charge in [-0.2, -0.15) is 0 Å². The zero-order valence-corrected chi connectivity index (χ0v) is 16.0. The number of halogens is 2. The molecule has 0 aliphatic rings. The zero-order valence-electron chi connectivity index (χ0n) is 16.0. The minimum atomic E-state index is -0.549. The molecule has 0 spiro atoms. The first-order valence-corrected chi connectivity index (χ1v) is 8.74. The maximum absolute atomic E-state index is 13.1. The minimum absolute atomic E-state index is 0.141. The SMILES string of the molecule is CC(=O)c1ccc(F)cc1O.CC(=O)c1ccc(F)cc1OCc1ccccc1. The first-order chi connectivity index (χ1) is 13.8. The first kappa shape index (κ1) is 21.8. The molecular weight excluding hydrogens is 378 g/mol. The van der Waals surface area contributed by atoms with Crippen molar-refractivity contribution in [2.75, 3.05) is 0 Å². The lowest BCUT2D eigenvalue weighted by atomic mass is 10.1. The van der Waals surface area contributed by atoms with Crippen LogP contribution in [0.5, 0.6) is 11.5 Å². The van der Waals surface area contributed by atoms with Gasteiger partial charge in [-0.1, -0.05) is 30.3 Å². The lowest BCUT2D eigenvalue weighted by Gasteiger charge is -2.09. The molecule has 0 aliphatic carbocycles. The summed E-state index contributed by atoms with van der Waals surface area (Å²) < 4.78 is 31.0. The Kier molecular flexibility index (Phi) is 7.60. The molecule has 0 fully saturated rings. The van der Waals surface area contributed by atoms with Crippen molar-refractivity contribution in [2.45, 2.75) is 20.5 Å². The molecule has 3 aromatic rings. The Morgan fingerprint density at radius 1 is 0.828 bits per heavy atom. The molecule has 0 saturated carbocycles. The van der Waals surface area contributed by atoms with Gasteiger partial charge in [0.15, 0.2) is 11.6 Å². The minimum Gasteiger partial charge on any atom is -0.507 e. The first-order valence-electron chi connectivity index (χ1n) is 8.74. The quantitative estimate of drug-likeness (QED) is 0.589.